The first-order valence-electron chi connectivity index (χ1n) is 5.64. The number of rotatable bonds is 8. The first-order valence-corrected chi connectivity index (χ1v) is 6.01. The molecular formula is C12H16ClF2NO3. The summed E-state index contributed by atoms with van der Waals surface area (Å²) in [6.07, 6.45) is -0.595. The third kappa shape index (κ3) is 6.15. The number of hydrogen-bond donors (Lipinski definition) is 2. The van der Waals surface area contributed by atoms with Gasteiger partial charge in [-0.05, 0) is 17.7 Å². The second kappa shape index (κ2) is 8.27. The number of benzene rings is 1. The van der Waals surface area contributed by atoms with Gasteiger partial charge < -0.3 is 19.9 Å². The van der Waals surface area contributed by atoms with Gasteiger partial charge in [0.25, 0.3) is 0 Å². The first kappa shape index (κ1) is 16.1. The van der Waals surface area contributed by atoms with E-state index in [0.29, 0.717) is 13.1 Å². The fraction of sp³-hybridized carbons (Fsp3) is 0.500. The van der Waals surface area contributed by atoms with E-state index in [1.54, 1.807) is 6.07 Å². The Labute approximate surface area is 115 Å². The van der Waals surface area contributed by atoms with Gasteiger partial charge in [-0.15, -0.1) is 0 Å². The quantitative estimate of drug-likeness (QED) is 0.770. The first-order chi connectivity index (χ1) is 9.02. The van der Waals surface area contributed by atoms with Crippen molar-refractivity contribution in [2.45, 2.75) is 19.3 Å². The van der Waals surface area contributed by atoms with Crippen LogP contribution in [0.15, 0.2) is 18.2 Å². The molecule has 0 aliphatic carbocycles. The summed E-state index contributed by atoms with van der Waals surface area (Å²) in [5.74, 6) is -0.0557. The van der Waals surface area contributed by atoms with Gasteiger partial charge in [-0.25, -0.2) is 0 Å². The van der Waals surface area contributed by atoms with Gasteiger partial charge in [0.15, 0.2) is 0 Å². The molecule has 1 aromatic rings. The number of nitrogens with one attached hydrogen (secondary N) is 1. The Morgan fingerprint density at radius 2 is 2.16 bits per heavy atom. The average Bonchev–Trinajstić information content (AvgIpc) is 2.32. The van der Waals surface area contributed by atoms with Crippen LogP contribution in [0.3, 0.4) is 0 Å². The summed E-state index contributed by atoms with van der Waals surface area (Å²) in [5.41, 5.74) is 0.802. The predicted octanol–water partition coefficient (Wildman–Crippen LogP) is 2.04. The third-order valence-electron chi connectivity index (χ3n) is 2.28. The largest absolute Gasteiger partial charge is 0.433 e. The minimum absolute atomic E-state index is 0.0557. The third-order valence-corrected chi connectivity index (χ3v) is 2.58. The molecule has 0 saturated heterocycles. The lowest BCUT2D eigenvalue weighted by Gasteiger charge is -2.12. The van der Waals surface area contributed by atoms with Crippen LogP contribution in [0, 0.1) is 0 Å². The van der Waals surface area contributed by atoms with Crippen molar-refractivity contribution in [1.82, 2.24) is 5.32 Å². The topological polar surface area (TPSA) is 50.7 Å². The number of alkyl halides is 2. The second-order valence-electron chi connectivity index (χ2n) is 3.88. The van der Waals surface area contributed by atoms with Crippen LogP contribution in [0.5, 0.6) is 5.75 Å². The monoisotopic (exact) mass is 295 g/mol. The van der Waals surface area contributed by atoms with Crippen LogP contribution in [-0.4, -0.2) is 38.1 Å². The molecule has 19 heavy (non-hydrogen) atoms. The molecular weight excluding hydrogens is 280 g/mol. The molecule has 0 radical (unpaired) electrons. The number of methoxy groups -OCH3 is 1. The zero-order valence-electron chi connectivity index (χ0n) is 10.4. The van der Waals surface area contributed by atoms with Gasteiger partial charge in [0.05, 0.1) is 17.7 Å². The van der Waals surface area contributed by atoms with E-state index >= 15 is 0 Å². The molecule has 0 aromatic heterocycles. The maximum atomic E-state index is 12.0. The lowest BCUT2D eigenvalue weighted by atomic mass is 10.2. The Balaban J connectivity index is 2.45. The van der Waals surface area contributed by atoms with Crippen molar-refractivity contribution in [1.29, 1.82) is 0 Å². The van der Waals surface area contributed by atoms with Crippen LogP contribution in [0.4, 0.5) is 8.78 Å². The Kier molecular flexibility index (Phi) is 7.01. The van der Waals surface area contributed by atoms with Crippen LogP contribution < -0.4 is 10.1 Å². The summed E-state index contributed by atoms with van der Waals surface area (Å²) in [7, 11) is 1.50. The fourth-order valence-electron chi connectivity index (χ4n) is 1.48. The number of halogens is 3. The molecule has 7 heteroatoms. The summed E-state index contributed by atoms with van der Waals surface area (Å²) in [4.78, 5) is 0. The van der Waals surface area contributed by atoms with E-state index in [2.05, 4.69) is 10.1 Å². The Bertz CT molecular complexity index is 393. The van der Waals surface area contributed by atoms with Crippen LogP contribution >= 0.6 is 11.6 Å². The smallest absolute Gasteiger partial charge is 0.387 e. The second-order valence-corrected chi connectivity index (χ2v) is 4.29. The van der Waals surface area contributed by atoms with E-state index < -0.39 is 12.7 Å². The van der Waals surface area contributed by atoms with E-state index in [4.69, 9.17) is 16.3 Å². The summed E-state index contributed by atoms with van der Waals surface area (Å²) in [6, 6.07) is 4.55. The number of aliphatic hydroxyl groups excluding tert-OH is 1. The van der Waals surface area contributed by atoms with Crippen molar-refractivity contribution >= 4 is 11.6 Å². The van der Waals surface area contributed by atoms with E-state index in [1.807, 2.05) is 0 Å². The Hall–Kier alpha value is -0.950. The summed E-state index contributed by atoms with van der Waals surface area (Å²) in [5, 5.41) is 12.5. The standard InChI is InChI=1S/C12H16ClF2NO3/c1-18-7-9(17)6-16-5-8-2-3-11(10(13)4-8)19-12(14)15/h2-4,9,12,16-17H,5-7H2,1H3. The van der Waals surface area contributed by atoms with Gasteiger partial charge in [-0.2, -0.15) is 8.78 Å². The SMILES string of the molecule is COCC(O)CNCc1ccc(OC(F)F)c(Cl)c1. The molecule has 0 saturated carbocycles. The molecule has 0 aliphatic rings. The van der Waals surface area contributed by atoms with E-state index in [-0.39, 0.29) is 17.4 Å². The Morgan fingerprint density at radius 1 is 1.42 bits per heavy atom. The molecule has 0 fully saturated rings. The zero-order chi connectivity index (χ0) is 14.3. The molecule has 0 aliphatic heterocycles. The van der Waals surface area contributed by atoms with Gasteiger partial charge in [0.2, 0.25) is 0 Å². The van der Waals surface area contributed by atoms with E-state index in [9.17, 15) is 13.9 Å². The lowest BCUT2D eigenvalue weighted by Crippen LogP contribution is -2.29. The lowest BCUT2D eigenvalue weighted by molar-refractivity contribution is -0.0497. The minimum atomic E-state index is -2.90. The molecule has 0 amide bonds. The minimum Gasteiger partial charge on any atom is -0.433 e. The summed E-state index contributed by atoms with van der Waals surface area (Å²) >= 11 is 5.81. The highest BCUT2D eigenvalue weighted by atomic mass is 35.5. The molecule has 0 bridgehead atoms. The number of ether oxygens (including phenoxy) is 2. The zero-order valence-corrected chi connectivity index (χ0v) is 11.2. The van der Waals surface area contributed by atoms with Gasteiger partial charge in [0.1, 0.15) is 5.75 Å². The van der Waals surface area contributed by atoms with Crippen molar-refractivity contribution < 1.29 is 23.4 Å². The van der Waals surface area contributed by atoms with Crippen LogP contribution in [0.2, 0.25) is 5.02 Å². The van der Waals surface area contributed by atoms with Crippen molar-refractivity contribution in [3.8, 4) is 5.75 Å². The predicted molar refractivity (Wildman–Crippen MR) is 67.7 cm³/mol. The highest BCUT2D eigenvalue weighted by Crippen LogP contribution is 2.26. The molecule has 4 nitrogen and oxygen atoms in total. The van der Waals surface area contributed by atoms with Crippen molar-refractivity contribution in [3.63, 3.8) is 0 Å². The van der Waals surface area contributed by atoms with Gasteiger partial charge in [0, 0.05) is 20.2 Å². The van der Waals surface area contributed by atoms with Crippen LogP contribution in [0.1, 0.15) is 5.56 Å². The van der Waals surface area contributed by atoms with Gasteiger partial charge in [-0.3, -0.25) is 0 Å². The molecule has 1 aromatic carbocycles. The molecule has 0 heterocycles. The maximum absolute atomic E-state index is 12.0. The molecule has 1 unspecified atom stereocenters. The van der Waals surface area contributed by atoms with Crippen molar-refractivity contribution in [3.05, 3.63) is 28.8 Å². The summed E-state index contributed by atoms with van der Waals surface area (Å²) in [6.45, 7) is -1.84. The fourth-order valence-corrected chi connectivity index (χ4v) is 1.73. The molecule has 1 rings (SSSR count). The number of hydrogen-bond acceptors (Lipinski definition) is 4. The molecule has 108 valence electrons. The van der Waals surface area contributed by atoms with E-state index in [0.717, 1.165) is 5.56 Å². The van der Waals surface area contributed by atoms with E-state index in [1.165, 1.54) is 19.2 Å². The molecule has 0 spiro atoms. The van der Waals surface area contributed by atoms with Crippen LogP contribution in [0.25, 0.3) is 0 Å². The highest BCUT2D eigenvalue weighted by Gasteiger charge is 2.09. The van der Waals surface area contributed by atoms with Crippen molar-refractivity contribution in [2.24, 2.45) is 0 Å². The van der Waals surface area contributed by atoms with Crippen LogP contribution in [-0.2, 0) is 11.3 Å². The molecule has 2 N–H and O–H groups in total. The summed E-state index contributed by atoms with van der Waals surface area (Å²) < 4.78 is 33.1. The highest BCUT2D eigenvalue weighted by molar-refractivity contribution is 6.32. The average molecular weight is 296 g/mol. The molecule has 1 atom stereocenters. The van der Waals surface area contributed by atoms with Gasteiger partial charge >= 0.3 is 6.61 Å². The Morgan fingerprint density at radius 3 is 2.74 bits per heavy atom. The number of aliphatic hydroxyl groups is 1. The van der Waals surface area contributed by atoms with Gasteiger partial charge in [-0.1, -0.05) is 17.7 Å². The maximum Gasteiger partial charge on any atom is 0.387 e. The van der Waals surface area contributed by atoms with Crippen molar-refractivity contribution in [2.75, 3.05) is 20.3 Å². The normalized spacial score (nSPS) is 12.7.